The summed E-state index contributed by atoms with van der Waals surface area (Å²) in [6.07, 6.45) is 0.938. The summed E-state index contributed by atoms with van der Waals surface area (Å²) in [6, 6.07) is 10.9. The van der Waals surface area contributed by atoms with Crippen LogP contribution in [0.4, 0.5) is 0 Å². The summed E-state index contributed by atoms with van der Waals surface area (Å²) < 4.78 is 10.4. The number of nitrogens with one attached hydrogen (secondary N) is 2. The molecule has 25 heavy (non-hydrogen) atoms. The van der Waals surface area contributed by atoms with Crippen LogP contribution >= 0.6 is 0 Å². The van der Waals surface area contributed by atoms with Gasteiger partial charge in [-0.2, -0.15) is 0 Å². The van der Waals surface area contributed by atoms with Crippen LogP contribution in [0.3, 0.4) is 0 Å². The summed E-state index contributed by atoms with van der Waals surface area (Å²) in [5.41, 5.74) is 1.33. The Morgan fingerprint density at radius 1 is 1.16 bits per heavy atom. The Morgan fingerprint density at radius 3 is 2.60 bits per heavy atom. The molecule has 6 heteroatoms. The molecule has 6 nitrogen and oxygen atoms in total. The molecule has 0 bridgehead atoms. The lowest BCUT2D eigenvalue weighted by atomic mass is 10.2. The first-order valence-corrected chi connectivity index (χ1v) is 8.92. The number of aliphatic imine (C=N–C) groups is 1. The summed E-state index contributed by atoms with van der Waals surface area (Å²) in [6.45, 7) is 6.85. The molecule has 0 saturated heterocycles. The zero-order chi connectivity index (χ0) is 18.3. The highest BCUT2D eigenvalue weighted by molar-refractivity contribution is 5.79. The van der Waals surface area contributed by atoms with Crippen molar-refractivity contribution in [3.05, 3.63) is 35.9 Å². The standard InChI is InChI=1S/C19H34N4O2/c1-17(23(3)16-18-9-6-5-7-10-18)15-22-19(20-2)21-11-8-12-25-14-13-24-4/h5-7,9-10,17H,8,11-16H2,1-4H3,(H2,20,21,22). The second-order valence-corrected chi connectivity index (χ2v) is 6.09. The van der Waals surface area contributed by atoms with E-state index in [2.05, 4.69) is 58.8 Å². The average Bonchev–Trinajstić information content (AvgIpc) is 2.64. The third kappa shape index (κ3) is 10.1. The van der Waals surface area contributed by atoms with Gasteiger partial charge in [-0.15, -0.1) is 0 Å². The van der Waals surface area contributed by atoms with Crippen molar-refractivity contribution in [1.82, 2.24) is 15.5 Å². The van der Waals surface area contributed by atoms with Gasteiger partial charge < -0.3 is 20.1 Å². The second-order valence-electron chi connectivity index (χ2n) is 6.09. The van der Waals surface area contributed by atoms with E-state index in [9.17, 15) is 0 Å². The van der Waals surface area contributed by atoms with Crippen LogP contribution in [0, 0.1) is 0 Å². The van der Waals surface area contributed by atoms with Crippen molar-refractivity contribution in [2.75, 3.05) is 54.1 Å². The van der Waals surface area contributed by atoms with E-state index in [1.807, 2.05) is 6.07 Å². The largest absolute Gasteiger partial charge is 0.382 e. The van der Waals surface area contributed by atoms with Gasteiger partial charge in [-0.3, -0.25) is 9.89 Å². The third-order valence-corrected chi connectivity index (χ3v) is 4.01. The first kappa shape index (κ1) is 21.4. The number of likely N-dealkylation sites (N-methyl/N-ethyl adjacent to an activating group) is 1. The SMILES string of the molecule is CN=C(NCCCOCCOC)NCC(C)N(C)Cc1ccccc1. The fourth-order valence-electron chi connectivity index (χ4n) is 2.27. The highest BCUT2D eigenvalue weighted by Crippen LogP contribution is 2.05. The topological polar surface area (TPSA) is 58.1 Å². The van der Waals surface area contributed by atoms with Crippen LogP contribution in [0.25, 0.3) is 0 Å². The molecule has 0 saturated carbocycles. The number of hydrogen-bond acceptors (Lipinski definition) is 4. The second kappa shape index (κ2) is 13.6. The maximum atomic E-state index is 5.44. The van der Waals surface area contributed by atoms with E-state index in [1.165, 1.54) is 5.56 Å². The number of rotatable bonds is 12. The fraction of sp³-hybridized carbons (Fsp3) is 0.632. The maximum Gasteiger partial charge on any atom is 0.191 e. The number of ether oxygens (including phenoxy) is 2. The van der Waals surface area contributed by atoms with Crippen molar-refractivity contribution in [2.24, 2.45) is 4.99 Å². The molecule has 0 aliphatic heterocycles. The molecule has 0 aliphatic carbocycles. The molecule has 0 heterocycles. The molecule has 142 valence electrons. The zero-order valence-electron chi connectivity index (χ0n) is 16.1. The molecule has 1 aromatic rings. The van der Waals surface area contributed by atoms with Crippen LogP contribution in [-0.4, -0.2) is 71.0 Å². The van der Waals surface area contributed by atoms with Crippen LogP contribution < -0.4 is 10.6 Å². The average molecular weight is 351 g/mol. The van der Waals surface area contributed by atoms with Gasteiger partial charge in [0.1, 0.15) is 0 Å². The Balaban J connectivity index is 2.18. The van der Waals surface area contributed by atoms with Gasteiger partial charge in [0.15, 0.2) is 5.96 Å². The van der Waals surface area contributed by atoms with Crippen LogP contribution in [0.2, 0.25) is 0 Å². The Morgan fingerprint density at radius 2 is 1.92 bits per heavy atom. The number of guanidine groups is 1. The first-order chi connectivity index (χ1) is 12.2. The number of methoxy groups -OCH3 is 1. The van der Waals surface area contributed by atoms with Crippen molar-refractivity contribution in [2.45, 2.75) is 25.9 Å². The Bertz CT molecular complexity index is 468. The molecule has 1 unspecified atom stereocenters. The Hall–Kier alpha value is -1.63. The number of nitrogens with zero attached hydrogens (tertiary/aromatic N) is 2. The Labute approximate surface area is 152 Å². The quantitative estimate of drug-likeness (QED) is 0.342. The highest BCUT2D eigenvalue weighted by Gasteiger charge is 2.10. The molecule has 1 aromatic carbocycles. The maximum absolute atomic E-state index is 5.44. The molecule has 1 rings (SSSR count). The van der Waals surface area contributed by atoms with Gasteiger partial charge in [0.2, 0.25) is 0 Å². The molecule has 0 fully saturated rings. The van der Waals surface area contributed by atoms with Crippen molar-refractivity contribution in [3.8, 4) is 0 Å². The lowest BCUT2D eigenvalue weighted by Crippen LogP contribution is -2.45. The van der Waals surface area contributed by atoms with Gasteiger partial charge in [-0.25, -0.2) is 0 Å². The monoisotopic (exact) mass is 350 g/mol. The molecular formula is C19H34N4O2. The summed E-state index contributed by atoms with van der Waals surface area (Å²) >= 11 is 0. The van der Waals surface area contributed by atoms with E-state index in [4.69, 9.17) is 9.47 Å². The first-order valence-electron chi connectivity index (χ1n) is 8.92. The predicted molar refractivity (Wildman–Crippen MR) is 104 cm³/mol. The van der Waals surface area contributed by atoms with Crippen molar-refractivity contribution < 1.29 is 9.47 Å². The summed E-state index contributed by atoms with van der Waals surface area (Å²) in [4.78, 5) is 6.60. The lowest BCUT2D eigenvalue weighted by molar-refractivity contribution is 0.0698. The summed E-state index contributed by atoms with van der Waals surface area (Å²) in [5.74, 6) is 0.830. The molecular weight excluding hydrogens is 316 g/mol. The molecule has 1 atom stereocenters. The van der Waals surface area contributed by atoms with Gasteiger partial charge >= 0.3 is 0 Å². The lowest BCUT2D eigenvalue weighted by Gasteiger charge is -2.25. The number of benzene rings is 1. The highest BCUT2D eigenvalue weighted by atomic mass is 16.5. The van der Waals surface area contributed by atoms with Gasteiger partial charge in [-0.05, 0) is 26.0 Å². The predicted octanol–water partition coefficient (Wildman–Crippen LogP) is 1.73. The van der Waals surface area contributed by atoms with E-state index in [0.29, 0.717) is 19.3 Å². The van der Waals surface area contributed by atoms with Crippen LogP contribution in [0.15, 0.2) is 35.3 Å². The van der Waals surface area contributed by atoms with Crippen LogP contribution in [-0.2, 0) is 16.0 Å². The van der Waals surface area contributed by atoms with E-state index in [0.717, 1.165) is 38.6 Å². The van der Waals surface area contributed by atoms with Crippen molar-refractivity contribution in [1.29, 1.82) is 0 Å². The fourth-order valence-corrected chi connectivity index (χ4v) is 2.27. The van der Waals surface area contributed by atoms with E-state index in [1.54, 1.807) is 14.2 Å². The Kier molecular flexibility index (Phi) is 11.7. The number of hydrogen-bond donors (Lipinski definition) is 2. The molecule has 0 spiro atoms. The van der Waals surface area contributed by atoms with Crippen molar-refractivity contribution in [3.63, 3.8) is 0 Å². The molecule has 0 aliphatic rings. The zero-order valence-corrected chi connectivity index (χ0v) is 16.1. The van der Waals surface area contributed by atoms with E-state index < -0.39 is 0 Å². The minimum absolute atomic E-state index is 0.399. The smallest absolute Gasteiger partial charge is 0.191 e. The minimum atomic E-state index is 0.399. The molecule has 2 N–H and O–H groups in total. The van der Waals surface area contributed by atoms with Gasteiger partial charge in [0, 0.05) is 46.4 Å². The molecule has 0 radical (unpaired) electrons. The van der Waals surface area contributed by atoms with Gasteiger partial charge in [0.25, 0.3) is 0 Å². The summed E-state index contributed by atoms with van der Waals surface area (Å²) in [5, 5.41) is 6.70. The van der Waals surface area contributed by atoms with E-state index in [-0.39, 0.29) is 0 Å². The third-order valence-electron chi connectivity index (χ3n) is 4.01. The van der Waals surface area contributed by atoms with Crippen LogP contribution in [0.1, 0.15) is 18.9 Å². The van der Waals surface area contributed by atoms with Crippen LogP contribution in [0.5, 0.6) is 0 Å². The van der Waals surface area contributed by atoms with Crippen molar-refractivity contribution >= 4 is 5.96 Å². The van der Waals surface area contributed by atoms with E-state index >= 15 is 0 Å². The summed E-state index contributed by atoms with van der Waals surface area (Å²) in [7, 11) is 5.62. The van der Waals surface area contributed by atoms with Gasteiger partial charge in [0.05, 0.1) is 13.2 Å². The molecule has 0 aromatic heterocycles. The minimum Gasteiger partial charge on any atom is -0.382 e. The molecule has 0 amide bonds. The van der Waals surface area contributed by atoms with Gasteiger partial charge in [-0.1, -0.05) is 30.3 Å². The normalized spacial score (nSPS) is 13.1.